The van der Waals surface area contributed by atoms with Crippen LogP contribution in [0.4, 0.5) is 11.6 Å². The van der Waals surface area contributed by atoms with Crippen LogP contribution >= 0.6 is 0 Å². The van der Waals surface area contributed by atoms with Gasteiger partial charge in [0.05, 0.1) is 6.26 Å². The Balaban J connectivity index is 2.41. The molecule has 3 nitrogen and oxygen atoms in total. The third-order valence-corrected chi connectivity index (χ3v) is 1.79. The molecule has 0 amide bonds. The molecule has 54 valence electrons. The van der Waals surface area contributed by atoms with E-state index in [4.69, 9.17) is 4.42 Å². The van der Waals surface area contributed by atoms with Crippen LogP contribution in [-0.2, 0) is 0 Å². The van der Waals surface area contributed by atoms with Gasteiger partial charge in [0.2, 0.25) is 5.88 Å². The van der Waals surface area contributed by atoms with Crippen molar-refractivity contribution in [2.24, 2.45) is 0 Å². The average molecular weight is 138 g/mol. The maximum atomic E-state index is 5.17. The quantitative estimate of drug-likeness (QED) is 0.582. The number of anilines is 2. The molecule has 0 saturated carbocycles. The monoisotopic (exact) mass is 138 g/mol. The first-order valence-corrected chi connectivity index (χ1v) is 3.40. The summed E-state index contributed by atoms with van der Waals surface area (Å²) in [6, 6.07) is 1.97. The van der Waals surface area contributed by atoms with Gasteiger partial charge >= 0.3 is 0 Å². The van der Waals surface area contributed by atoms with E-state index in [1.165, 1.54) is 0 Å². The van der Waals surface area contributed by atoms with Gasteiger partial charge in [-0.15, -0.1) is 0 Å². The highest BCUT2D eigenvalue weighted by molar-refractivity contribution is 5.65. The second-order valence-electron chi connectivity index (χ2n) is 2.48. The van der Waals surface area contributed by atoms with Gasteiger partial charge in [0.25, 0.3) is 0 Å². The Kier molecular flexibility index (Phi) is 1.09. The van der Waals surface area contributed by atoms with Crippen LogP contribution in [0, 0.1) is 0 Å². The van der Waals surface area contributed by atoms with Gasteiger partial charge in [-0.2, -0.15) is 0 Å². The summed E-state index contributed by atoms with van der Waals surface area (Å²) in [7, 11) is 2.06. The molecule has 0 unspecified atom stereocenters. The van der Waals surface area contributed by atoms with Gasteiger partial charge in [-0.3, -0.25) is 0 Å². The van der Waals surface area contributed by atoms with Gasteiger partial charge in [0, 0.05) is 26.2 Å². The highest BCUT2D eigenvalue weighted by Gasteiger charge is 2.14. The van der Waals surface area contributed by atoms with Gasteiger partial charge in [-0.1, -0.05) is 0 Å². The number of rotatable bonds is 0. The predicted octanol–water partition coefficient (Wildman–Crippen LogP) is 1.14. The predicted molar refractivity (Wildman–Crippen MR) is 40.5 cm³/mol. The van der Waals surface area contributed by atoms with Gasteiger partial charge in [-0.05, 0) is 0 Å². The van der Waals surface area contributed by atoms with Gasteiger partial charge in [0.15, 0.2) is 0 Å². The molecule has 0 spiro atoms. The SMILES string of the molecule is CN1CCNc2occc21. The molecule has 1 aliphatic heterocycles. The van der Waals surface area contributed by atoms with Crippen molar-refractivity contribution in [3.05, 3.63) is 12.3 Å². The number of nitrogens with zero attached hydrogens (tertiary/aromatic N) is 1. The highest BCUT2D eigenvalue weighted by atomic mass is 16.3. The number of fused-ring (bicyclic) bond motifs is 1. The van der Waals surface area contributed by atoms with E-state index < -0.39 is 0 Å². The van der Waals surface area contributed by atoms with Crippen LogP contribution in [-0.4, -0.2) is 20.1 Å². The van der Waals surface area contributed by atoms with Crippen LogP contribution in [0.15, 0.2) is 16.7 Å². The first-order valence-electron chi connectivity index (χ1n) is 3.40. The summed E-state index contributed by atoms with van der Waals surface area (Å²) in [6.07, 6.45) is 1.71. The minimum Gasteiger partial charge on any atom is -0.447 e. The molecule has 2 rings (SSSR count). The van der Waals surface area contributed by atoms with Crippen molar-refractivity contribution >= 4 is 11.6 Å². The Hall–Kier alpha value is -1.12. The lowest BCUT2D eigenvalue weighted by Crippen LogP contribution is -2.29. The second-order valence-corrected chi connectivity index (χ2v) is 2.48. The molecule has 2 heterocycles. The highest BCUT2D eigenvalue weighted by Crippen LogP contribution is 2.28. The van der Waals surface area contributed by atoms with E-state index in [1.807, 2.05) is 6.07 Å². The van der Waals surface area contributed by atoms with E-state index in [1.54, 1.807) is 6.26 Å². The number of hydrogen-bond acceptors (Lipinski definition) is 3. The number of nitrogens with one attached hydrogen (secondary N) is 1. The van der Waals surface area contributed by atoms with Crippen LogP contribution in [0.1, 0.15) is 0 Å². The summed E-state index contributed by atoms with van der Waals surface area (Å²) >= 11 is 0. The van der Waals surface area contributed by atoms with Crippen molar-refractivity contribution in [3.8, 4) is 0 Å². The van der Waals surface area contributed by atoms with Crippen molar-refractivity contribution in [1.82, 2.24) is 0 Å². The Bertz CT molecular complexity index is 231. The fourth-order valence-electron chi connectivity index (χ4n) is 1.19. The molecule has 10 heavy (non-hydrogen) atoms. The van der Waals surface area contributed by atoms with E-state index in [0.717, 1.165) is 24.7 Å². The molecule has 1 aliphatic rings. The summed E-state index contributed by atoms with van der Waals surface area (Å²) in [4.78, 5) is 2.18. The van der Waals surface area contributed by atoms with E-state index in [2.05, 4.69) is 17.3 Å². The molecule has 0 aliphatic carbocycles. The Morgan fingerprint density at radius 2 is 2.60 bits per heavy atom. The van der Waals surface area contributed by atoms with E-state index in [-0.39, 0.29) is 0 Å². The van der Waals surface area contributed by atoms with Crippen molar-refractivity contribution in [2.75, 3.05) is 30.4 Å². The van der Waals surface area contributed by atoms with Gasteiger partial charge in [-0.25, -0.2) is 0 Å². The molecule has 1 N–H and O–H groups in total. The molecule has 0 aromatic carbocycles. The summed E-state index contributed by atoms with van der Waals surface area (Å²) in [6.45, 7) is 2.02. The first-order chi connectivity index (χ1) is 4.88. The topological polar surface area (TPSA) is 28.4 Å². The second kappa shape index (κ2) is 1.94. The maximum Gasteiger partial charge on any atom is 0.216 e. The van der Waals surface area contributed by atoms with Crippen LogP contribution in [0.5, 0.6) is 0 Å². The Morgan fingerprint density at radius 1 is 1.70 bits per heavy atom. The molecule has 1 aromatic rings. The lowest BCUT2D eigenvalue weighted by atomic mass is 10.3. The average Bonchev–Trinajstić information content (AvgIpc) is 2.36. The molecule has 0 atom stereocenters. The van der Waals surface area contributed by atoms with Gasteiger partial charge in [0.1, 0.15) is 5.69 Å². The summed E-state index contributed by atoms with van der Waals surface area (Å²) < 4.78 is 5.17. The van der Waals surface area contributed by atoms with E-state index in [0.29, 0.717) is 0 Å². The third kappa shape index (κ3) is 0.667. The van der Waals surface area contributed by atoms with Crippen LogP contribution in [0.25, 0.3) is 0 Å². The zero-order chi connectivity index (χ0) is 6.97. The number of likely N-dealkylation sites (N-methyl/N-ethyl adjacent to an activating group) is 1. The maximum absolute atomic E-state index is 5.17. The first kappa shape index (κ1) is 5.65. The zero-order valence-electron chi connectivity index (χ0n) is 5.92. The van der Waals surface area contributed by atoms with E-state index >= 15 is 0 Å². The van der Waals surface area contributed by atoms with Crippen LogP contribution in [0.2, 0.25) is 0 Å². The van der Waals surface area contributed by atoms with Crippen molar-refractivity contribution in [2.45, 2.75) is 0 Å². The molecular weight excluding hydrogens is 128 g/mol. The molecule has 0 bridgehead atoms. The lowest BCUT2D eigenvalue weighted by molar-refractivity contribution is 0.574. The van der Waals surface area contributed by atoms with Crippen molar-refractivity contribution < 1.29 is 4.42 Å². The van der Waals surface area contributed by atoms with Crippen LogP contribution in [0.3, 0.4) is 0 Å². The summed E-state index contributed by atoms with van der Waals surface area (Å²) in [5.41, 5.74) is 1.16. The molecule has 1 aromatic heterocycles. The van der Waals surface area contributed by atoms with Crippen molar-refractivity contribution in [1.29, 1.82) is 0 Å². The molecule has 0 radical (unpaired) electrons. The minimum atomic E-state index is 0.897. The summed E-state index contributed by atoms with van der Waals surface area (Å²) in [5, 5.41) is 3.16. The standard InChI is InChI=1S/C7H10N2O/c1-9-4-3-8-7-6(9)2-5-10-7/h2,5,8H,3-4H2,1H3. The van der Waals surface area contributed by atoms with Gasteiger partial charge < -0.3 is 14.6 Å². The fourth-order valence-corrected chi connectivity index (χ4v) is 1.19. The van der Waals surface area contributed by atoms with E-state index in [9.17, 15) is 0 Å². The fraction of sp³-hybridized carbons (Fsp3) is 0.429. The largest absolute Gasteiger partial charge is 0.447 e. The minimum absolute atomic E-state index is 0.897. The Labute approximate surface area is 59.6 Å². The summed E-state index contributed by atoms with van der Waals surface area (Å²) in [5.74, 6) is 0.897. The molecular formula is C7H10N2O. The zero-order valence-corrected chi connectivity index (χ0v) is 5.92. The normalized spacial score (nSPS) is 16.3. The molecule has 3 heteroatoms. The molecule has 0 fully saturated rings. The lowest BCUT2D eigenvalue weighted by Gasteiger charge is -2.23. The smallest absolute Gasteiger partial charge is 0.216 e. The van der Waals surface area contributed by atoms with Crippen LogP contribution < -0.4 is 10.2 Å². The number of furan rings is 1. The van der Waals surface area contributed by atoms with Crippen molar-refractivity contribution in [3.63, 3.8) is 0 Å². The number of hydrogen-bond donors (Lipinski definition) is 1. The Morgan fingerprint density at radius 3 is 3.40 bits per heavy atom. The third-order valence-electron chi connectivity index (χ3n) is 1.79. The molecule has 0 saturated heterocycles.